The molecule has 0 radical (unpaired) electrons. The lowest BCUT2D eigenvalue weighted by Gasteiger charge is -2.27. The number of hydrogen-bond donors (Lipinski definition) is 1. The number of benzene rings is 2. The second kappa shape index (κ2) is 7.48. The molecule has 0 unspecified atom stereocenters. The van der Waals surface area contributed by atoms with Gasteiger partial charge in [0.15, 0.2) is 0 Å². The number of carbonyl (C=O) groups excluding carboxylic acids is 3. The Hall–Kier alpha value is -3.93. The van der Waals surface area contributed by atoms with Gasteiger partial charge in [-0.05, 0) is 74.4 Å². The van der Waals surface area contributed by atoms with Crippen molar-refractivity contribution in [2.45, 2.75) is 20.8 Å². The molecule has 3 aromatic rings. The lowest BCUT2D eigenvalue weighted by Crippen LogP contribution is -2.54. The number of imide groups is 2. The highest BCUT2D eigenvalue weighted by atomic mass is 16.2. The van der Waals surface area contributed by atoms with Crippen LogP contribution < -0.4 is 10.2 Å². The van der Waals surface area contributed by atoms with Gasteiger partial charge in [-0.1, -0.05) is 24.3 Å². The van der Waals surface area contributed by atoms with Crippen LogP contribution in [0.5, 0.6) is 0 Å². The number of aromatic nitrogens is 1. The van der Waals surface area contributed by atoms with E-state index in [1.54, 1.807) is 12.1 Å². The highest BCUT2D eigenvalue weighted by Crippen LogP contribution is 2.25. The Morgan fingerprint density at radius 1 is 0.800 bits per heavy atom. The van der Waals surface area contributed by atoms with Crippen molar-refractivity contribution in [3.63, 3.8) is 0 Å². The smallest absolute Gasteiger partial charge is 0.314 e. The van der Waals surface area contributed by atoms with Crippen LogP contribution in [0.25, 0.3) is 11.8 Å². The van der Waals surface area contributed by atoms with E-state index in [4.69, 9.17) is 0 Å². The Bertz CT molecular complexity index is 1210. The van der Waals surface area contributed by atoms with Crippen molar-refractivity contribution in [3.8, 4) is 5.69 Å². The third kappa shape index (κ3) is 3.33. The summed E-state index contributed by atoms with van der Waals surface area (Å²) in [6.07, 6.45) is 1.53. The van der Waals surface area contributed by atoms with E-state index >= 15 is 0 Å². The van der Waals surface area contributed by atoms with Crippen molar-refractivity contribution >= 4 is 29.6 Å². The van der Waals surface area contributed by atoms with Crippen LogP contribution in [0.3, 0.4) is 0 Å². The van der Waals surface area contributed by atoms with E-state index in [1.807, 2.05) is 73.9 Å². The molecule has 6 nitrogen and oxygen atoms in total. The minimum absolute atomic E-state index is 0.0943. The number of barbiturate groups is 1. The van der Waals surface area contributed by atoms with Crippen LogP contribution in [-0.4, -0.2) is 22.4 Å². The van der Waals surface area contributed by atoms with Crippen LogP contribution in [0, 0.1) is 20.8 Å². The lowest BCUT2D eigenvalue weighted by atomic mass is 10.1. The summed E-state index contributed by atoms with van der Waals surface area (Å²) in [6.45, 7) is 5.80. The quantitative estimate of drug-likeness (QED) is 0.533. The first-order chi connectivity index (χ1) is 14.4. The van der Waals surface area contributed by atoms with Gasteiger partial charge in [0.2, 0.25) is 0 Å². The average molecular weight is 399 g/mol. The second-order valence-electron chi connectivity index (χ2n) is 7.30. The number of nitrogens with one attached hydrogen (secondary N) is 1. The molecule has 1 aromatic heterocycles. The van der Waals surface area contributed by atoms with E-state index in [9.17, 15) is 14.4 Å². The van der Waals surface area contributed by atoms with Crippen molar-refractivity contribution in [3.05, 3.63) is 88.8 Å². The predicted molar refractivity (Wildman–Crippen MR) is 115 cm³/mol. The molecule has 1 fully saturated rings. The van der Waals surface area contributed by atoms with Crippen LogP contribution in [0.2, 0.25) is 0 Å². The minimum Gasteiger partial charge on any atom is -0.314 e. The zero-order valence-electron chi connectivity index (χ0n) is 17.0. The molecule has 0 bridgehead atoms. The highest BCUT2D eigenvalue weighted by molar-refractivity contribution is 6.39. The Morgan fingerprint density at radius 2 is 1.53 bits per heavy atom. The summed E-state index contributed by atoms with van der Waals surface area (Å²) < 4.78 is 1.95. The van der Waals surface area contributed by atoms with Gasteiger partial charge in [-0.25, -0.2) is 9.69 Å². The third-order valence-corrected chi connectivity index (χ3v) is 5.26. The molecule has 30 heavy (non-hydrogen) atoms. The molecule has 2 heterocycles. The van der Waals surface area contributed by atoms with E-state index in [1.165, 1.54) is 6.08 Å². The van der Waals surface area contributed by atoms with Gasteiger partial charge < -0.3 is 4.57 Å². The Morgan fingerprint density at radius 3 is 2.23 bits per heavy atom. The maximum Gasteiger partial charge on any atom is 0.335 e. The summed E-state index contributed by atoms with van der Waals surface area (Å²) in [6, 6.07) is 18.0. The van der Waals surface area contributed by atoms with Gasteiger partial charge in [-0.15, -0.1) is 0 Å². The lowest BCUT2D eigenvalue weighted by molar-refractivity contribution is -0.122. The normalized spacial score (nSPS) is 15.6. The van der Waals surface area contributed by atoms with Crippen molar-refractivity contribution in [2.24, 2.45) is 0 Å². The van der Waals surface area contributed by atoms with Gasteiger partial charge in [0, 0.05) is 17.1 Å². The van der Waals surface area contributed by atoms with E-state index in [2.05, 4.69) is 5.32 Å². The number of hydrogen-bond acceptors (Lipinski definition) is 3. The first-order valence-electron chi connectivity index (χ1n) is 9.59. The monoisotopic (exact) mass is 399 g/mol. The number of aryl methyl sites for hydroxylation is 3. The molecule has 4 amide bonds. The molecule has 0 spiro atoms. The van der Waals surface area contributed by atoms with E-state index in [-0.39, 0.29) is 5.57 Å². The average Bonchev–Trinajstić information content (AvgIpc) is 3.08. The Balaban J connectivity index is 1.79. The fourth-order valence-electron chi connectivity index (χ4n) is 3.51. The summed E-state index contributed by atoms with van der Waals surface area (Å²) in [7, 11) is 0. The Labute approximate surface area is 174 Å². The molecule has 1 saturated heterocycles. The highest BCUT2D eigenvalue weighted by Gasteiger charge is 2.37. The fraction of sp³-hybridized carbons (Fsp3) is 0.125. The first-order valence-corrected chi connectivity index (χ1v) is 9.59. The number of nitrogens with zero attached hydrogens (tertiary/aromatic N) is 2. The van der Waals surface area contributed by atoms with Crippen molar-refractivity contribution < 1.29 is 14.4 Å². The fourth-order valence-corrected chi connectivity index (χ4v) is 3.51. The van der Waals surface area contributed by atoms with Gasteiger partial charge >= 0.3 is 6.03 Å². The van der Waals surface area contributed by atoms with Gasteiger partial charge in [-0.2, -0.15) is 0 Å². The van der Waals surface area contributed by atoms with Crippen LogP contribution >= 0.6 is 0 Å². The first kappa shape index (κ1) is 19.4. The summed E-state index contributed by atoms with van der Waals surface area (Å²) in [4.78, 5) is 39.1. The minimum atomic E-state index is -0.750. The Kier molecular flexibility index (Phi) is 4.83. The molecule has 150 valence electrons. The number of para-hydroxylation sites is 1. The SMILES string of the molecule is Cc1ccc(N2C(=O)NC(=O)/C(=C\c3ccc(C)n3-c3ccccc3)C2=O)cc1C. The molecule has 0 saturated carbocycles. The van der Waals surface area contributed by atoms with Gasteiger partial charge in [-0.3, -0.25) is 14.9 Å². The summed E-state index contributed by atoms with van der Waals surface area (Å²) in [5, 5.41) is 2.28. The zero-order chi connectivity index (χ0) is 21.4. The van der Waals surface area contributed by atoms with Crippen molar-refractivity contribution in [1.29, 1.82) is 0 Å². The third-order valence-electron chi connectivity index (χ3n) is 5.26. The molecular weight excluding hydrogens is 378 g/mol. The number of rotatable bonds is 3. The van der Waals surface area contributed by atoms with Crippen molar-refractivity contribution in [1.82, 2.24) is 9.88 Å². The molecule has 0 aliphatic carbocycles. The number of amides is 4. The van der Waals surface area contributed by atoms with Gasteiger partial charge in [0.05, 0.1) is 5.69 Å². The molecule has 0 atom stereocenters. The maximum atomic E-state index is 13.2. The number of carbonyl (C=O) groups is 3. The molecule has 1 aliphatic rings. The standard InChI is InChI=1S/C24H21N3O3/c1-15-9-11-19(13-16(15)2)27-23(29)21(22(28)25-24(27)30)14-20-12-10-17(3)26(20)18-7-5-4-6-8-18/h4-14H,1-3H3,(H,25,28,30)/b21-14+. The number of anilines is 1. The molecule has 4 rings (SSSR count). The number of urea groups is 1. The zero-order valence-corrected chi connectivity index (χ0v) is 17.0. The summed E-state index contributed by atoms with van der Waals surface area (Å²) in [5.41, 5.74) is 4.87. The van der Waals surface area contributed by atoms with E-state index < -0.39 is 17.8 Å². The van der Waals surface area contributed by atoms with Crippen LogP contribution in [0.4, 0.5) is 10.5 Å². The maximum absolute atomic E-state index is 13.2. The molecule has 1 aliphatic heterocycles. The van der Waals surface area contributed by atoms with Crippen LogP contribution in [-0.2, 0) is 9.59 Å². The van der Waals surface area contributed by atoms with Crippen LogP contribution in [0.15, 0.2) is 66.2 Å². The van der Waals surface area contributed by atoms with E-state index in [0.29, 0.717) is 11.4 Å². The largest absolute Gasteiger partial charge is 0.335 e. The molecular formula is C24H21N3O3. The molecule has 6 heteroatoms. The summed E-state index contributed by atoms with van der Waals surface area (Å²) in [5.74, 6) is -1.35. The second-order valence-corrected chi connectivity index (χ2v) is 7.30. The summed E-state index contributed by atoms with van der Waals surface area (Å²) >= 11 is 0. The molecule has 2 aromatic carbocycles. The van der Waals surface area contributed by atoms with Crippen LogP contribution in [0.1, 0.15) is 22.5 Å². The van der Waals surface area contributed by atoms with Gasteiger partial charge in [0.25, 0.3) is 11.8 Å². The van der Waals surface area contributed by atoms with Crippen molar-refractivity contribution in [2.75, 3.05) is 4.90 Å². The van der Waals surface area contributed by atoms with Gasteiger partial charge in [0.1, 0.15) is 5.57 Å². The molecule has 1 N–H and O–H groups in total. The van der Waals surface area contributed by atoms with E-state index in [0.717, 1.165) is 27.4 Å². The topological polar surface area (TPSA) is 71.4 Å². The predicted octanol–water partition coefficient (Wildman–Crippen LogP) is 4.07.